The Morgan fingerprint density at radius 3 is 2.25 bits per heavy atom. The third-order valence-electron chi connectivity index (χ3n) is 3.15. The second kappa shape index (κ2) is 3.89. The lowest BCUT2D eigenvalue weighted by Crippen LogP contribution is -1.99. The molecule has 0 radical (unpaired) electrons. The number of nitrogens with zero attached hydrogens (tertiary/aromatic N) is 1. The number of hydrogen-bond acceptors (Lipinski definition) is 1. The SMILES string of the molecule is C=C1C(C(C)C)=C(C(C)C)c2cccnc21. The third-order valence-corrected chi connectivity index (χ3v) is 3.15. The van der Waals surface area contributed by atoms with E-state index < -0.39 is 0 Å². The molecule has 0 bridgehead atoms. The molecular formula is C15H19N. The van der Waals surface area contributed by atoms with Crippen LogP contribution >= 0.6 is 0 Å². The van der Waals surface area contributed by atoms with Crippen molar-refractivity contribution in [1.82, 2.24) is 4.98 Å². The summed E-state index contributed by atoms with van der Waals surface area (Å²) in [6.07, 6.45) is 1.85. The van der Waals surface area contributed by atoms with E-state index in [9.17, 15) is 0 Å². The van der Waals surface area contributed by atoms with Gasteiger partial charge in [0.25, 0.3) is 0 Å². The summed E-state index contributed by atoms with van der Waals surface area (Å²) < 4.78 is 0. The fourth-order valence-electron chi connectivity index (χ4n) is 2.58. The highest BCUT2D eigenvalue weighted by Crippen LogP contribution is 2.45. The molecule has 0 spiro atoms. The maximum Gasteiger partial charge on any atom is 0.0774 e. The molecule has 0 unspecified atom stereocenters. The highest BCUT2D eigenvalue weighted by atomic mass is 14.7. The van der Waals surface area contributed by atoms with E-state index in [0.717, 1.165) is 11.3 Å². The smallest absolute Gasteiger partial charge is 0.0774 e. The Labute approximate surface area is 97.9 Å². The van der Waals surface area contributed by atoms with Crippen molar-refractivity contribution in [3.63, 3.8) is 0 Å². The molecule has 0 N–H and O–H groups in total. The largest absolute Gasteiger partial charge is 0.256 e. The van der Waals surface area contributed by atoms with Crippen molar-refractivity contribution in [3.8, 4) is 0 Å². The second-order valence-corrected chi connectivity index (χ2v) is 5.01. The van der Waals surface area contributed by atoms with Gasteiger partial charge >= 0.3 is 0 Å². The van der Waals surface area contributed by atoms with Crippen LogP contribution in [0.4, 0.5) is 0 Å². The Hall–Kier alpha value is -1.37. The van der Waals surface area contributed by atoms with Crippen molar-refractivity contribution >= 4 is 11.1 Å². The first kappa shape index (κ1) is 11.1. The van der Waals surface area contributed by atoms with E-state index >= 15 is 0 Å². The topological polar surface area (TPSA) is 12.9 Å². The Morgan fingerprint density at radius 2 is 1.69 bits per heavy atom. The van der Waals surface area contributed by atoms with Crippen molar-refractivity contribution < 1.29 is 0 Å². The molecule has 16 heavy (non-hydrogen) atoms. The maximum atomic E-state index is 4.46. The molecule has 0 fully saturated rings. The van der Waals surface area contributed by atoms with Crippen LogP contribution in [0.15, 0.2) is 30.5 Å². The average molecular weight is 213 g/mol. The zero-order valence-corrected chi connectivity index (χ0v) is 10.5. The molecule has 1 aliphatic carbocycles. The monoisotopic (exact) mass is 213 g/mol. The highest BCUT2D eigenvalue weighted by molar-refractivity contribution is 5.98. The quantitative estimate of drug-likeness (QED) is 0.718. The zero-order valence-electron chi connectivity index (χ0n) is 10.5. The van der Waals surface area contributed by atoms with E-state index in [1.807, 2.05) is 12.3 Å². The predicted octanol–water partition coefficient (Wildman–Crippen LogP) is 4.17. The van der Waals surface area contributed by atoms with Crippen LogP contribution in [0, 0.1) is 11.8 Å². The maximum absolute atomic E-state index is 4.46. The van der Waals surface area contributed by atoms with Gasteiger partial charge in [0.2, 0.25) is 0 Å². The van der Waals surface area contributed by atoms with Gasteiger partial charge in [-0.3, -0.25) is 4.98 Å². The summed E-state index contributed by atoms with van der Waals surface area (Å²) in [6, 6.07) is 4.18. The van der Waals surface area contributed by atoms with Gasteiger partial charge in [0, 0.05) is 11.8 Å². The molecule has 1 heterocycles. The van der Waals surface area contributed by atoms with Gasteiger partial charge in [0.05, 0.1) is 5.69 Å². The molecule has 84 valence electrons. The molecular weight excluding hydrogens is 194 g/mol. The molecule has 1 aromatic heterocycles. The summed E-state index contributed by atoms with van der Waals surface area (Å²) in [5, 5.41) is 0. The molecule has 0 saturated carbocycles. The lowest BCUT2D eigenvalue weighted by molar-refractivity contribution is 0.775. The fourth-order valence-corrected chi connectivity index (χ4v) is 2.58. The van der Waals surface area contributed by atoms with Gasteiger partial charge in [0.1, 0.15) is 0 Å². The van der Waals surface area contributed by atoms with Crippen LogP contribution < -0.4 is 0 Å². The first-order valence-electron chi connectivity index (χ1n) is 5.93. The Morgan fingerprint density at radius 1 is 1.06 bits per heavy atom. The van der Waals surface area contributed by atoms with Crippen molar-refractivity contribution in [2.24, 2.45) is 11.8 Å². The van der Waals surface area contributed by atoms with E-state index in [-0.39, 0.29) is 0 Å². The van der Waals surface area contributed by atoms with Crippen LogP contribution in [0.3, 0.4) is 0 Å². The van der Waals surface area contributed by atoms with Crippen molar-refractivity contribution in [1.29, 1.82) is 0 Å². The van der Waals surface area contributed by atoms with Crippen LogP contribution in [-0.4, -0.2) is 4.98 Å². The van der Waals surface area contributed by atoms with Crippen molar-refractivity contribution in [3.05, 3.63) is 41.7 Å². The minimum atomic E-state index is 0.513. The zero-order chi connectivity index (χ0) is 11.9. The van der Waals surface area contributed by atoms with E-state index in [1.54, 1.807) is 0 Å². The number of aromatic nitrogens is 1. The highest BCUT2D eigenvalue weighted by Gasteiger charge is 2.28. The lowest BCUT2D eigenvalue weighted by Gasteiger charge is -2.14. The molecule has 1 nitrogen and oxygen atoms in total. The van der Waals surface area contributed by atoms with E-state index in [0.29, 0.717) is 11.8 Å². The second-order valence-electron chi connectivity index (χ2n) is 5.01. The normalized spacial score (nSPS) is 15.2. The summed E-state index contributed by atoms with van der Waals surface area (Å²) in [6.45, 7) is 13.2. The van der Waals surface area contributed by atoms with E-state index in [4.69, 9.17) is 0 Å². The van der Waals surface area contributed by atoms with Gasteiger partial charge in [-0.2, -0.15) is 0 Å². The minimum absolute atomic E-state index is 0.513. The van der Waals surface area contributed by atoms with Crippen molar-refractivity contribution in [2.45, 2.75) is 27.7 Å². The number of fused-ring (bicyclic) bond motifs is 1. The van der Waals surface area contributed by atoms with Gasteiger partial charge in [0.15, 0.2) is 0 Å². The van der Waals surface area contributed by atoms with Crippen molar-refractivity contribution in [2.75, 3.05) is 0 Å². The average Bonchev–Trinajstić information content (AvgIpc) is 2.53. The van der Waals surface area contributed by atoms with Gasteiger partial charge in [-0.25, -0.2) is 0 Å². The van der Waals surface area contributed by atoms with Crippen LogP contribution in [0.5, 0.6) is 0 Å². The Kier molecular flexibility index (Phi) is 2.71. The Bertz CT molecular complexity index is 464. The van der Waals surface area contributed by atoms with E-state index in [2.05, 4.69) is 45.3 Å². The molecule has 0 aliphatic heterocycles. The van der Waals surface area contributed by atoms with Crippen LogP contribution in [-0.2, 0) is 0 Å². The summed E-state index contributed by atoms with van der Waals surface area (Å²) in [5.41, 5.74) is 6.31. The molecule has 0 amide bonds. The molecule has 2 rings (SSSR count). The molecule has 1 aromatic rings. The first-order valence-corrected chi connectivity index (χ1v) is 5.93. The Balaban J connectivity index is 2.67. The molecule has 1 heteroatoms. The third kappa shape index (κ3) is 1.51. The van der Waals surface area contributed by atoms with Gasteiger partial charge in [-0.15, -0.1) is 0 Å². The summed E-state index contributed by atoms with van der Waals surface area (Å²) in [7, 11) is 0. The first-order chi connectivity index (χ1) is 7.54. The number of pyridine rings is 1. The molecule has 0 aromatic carbocycles. The van der Waals surface area contributed by atoms with Crippen LogP contribution in [0.2, 0.25) is 0 Å². The van der Waals surface area contributed by atoms with Gasteiger partial charge in [-0.1, -0.05) is 40.3 Å². The molecule has 0 saturated heterocycles. The number of allylic oxidation sites excluding steroid dienone is 3. The van der Waals surface area contributed by atoms with Gasteiger partial charge in [-0.05, 0) is 34.6 Å². The van der Waals surface area contributed by atoms with Crippen LogP contribution in [0.25, 0.3) is 11.1 Å². The molecule has 0 atom stereocenters. The fraction of sp³-hybridized carbons (Fsp3) is 0.400. The van der Waals surface area contributed by atoms with Gasteiger partial charge < -0.3 is 0 Å². The minimum Gasteiger partial charge on any atom is -0.256 e. The molecule has 1 aliphatic rings. The lowest BCUT2D eigenvalue weighted by atomic mass is 9.90. The summed E-state index contributed by atoms with van der Waals surface area (Å²) in [5.74, 6) is 1.04. The summed E-state index contributed by atoms with van der Waals surface area (Å²) in [4.78, 5) is 4.46. The number of hydrogen-bond donors (Lipinski definition) is 0. The van der Waals surface area contributed by atoms with Crippen LogP contribution in [0.1, 0.15) is 39.0 Å². The van der Waals surface area contributed by atoms with E-state index in [1.165, 1.54) is 16.7 Å². The standard InChI is InChI=1S/C15H19N/c1-9(2)13-11(5)15-12(7-6-8-16-15)14(13)10(3)4/h6-10H,5H2,1-4H3. The number of rotatable bonds is 2. The summed E-state index contributed by atoms with van der Waals surface area (Å²) >= 11 is 0. The predicted molar refractivity (Wildman–Crippen MR) is 69.9 cm³/mol.